The summed E-state index contributed by atoms with van der Waals surface area (Å²) < 4.78 is 26.6. The third-order valence-electron chi connectivity index (χ3n) is 2.78. The van der Waals surface area contributed by atoms with Crippen LogP contribution in [0, 0.1) is 6.92 Å². The van der Waals surface area contributed by atoms with E-state index in [2.05, 4.69) is 4.72 Å². The molecule has 0 amide bonds. The molecular formula is C14H15ClN2O2S. The number of hydrogen-bond donors (Lipinski definition) is 2. The second-order valence-electron chi connectivity index (χ2n) is 4.57. The number of halogens is 1. The van der Waals surface area contributed by atoms with Crippen molar-refractivity contribution in [3.8, 4) is 0 Å². The Kier molecular flexibility index (Phi) is 4.20. The molecule has 0 bridgehead atoms. The molecule has 0 spiro atoms. The van der Waals surface area contributed by atoms with Crippen LogP contribution in [-0.2, 0) is 15.8 Å². The maximum Gasteiger partial charge on any atom is 0.236 e. The number of anilines is 2. The summed E-state index contributed by atoms with van der Waals surface area (Å²) >= 11 is 5.97. The Labute approximate surface area is 123 Å². The van der Waals surface area contributed by atoms with Gasteiger partial charge in [-0.1, -0.05) is 29.8 Å². The molecule has 0 aliphatic heterocycles. The third-order valence-corrected chi connectivity index (χ3v) is 4.45. The number of aryl methyl sites for hydroxylation is 1. The zero-order chi connectivity index (χ0) is 14.8. The number of sulfonamides is 1. The quantitative estimate of drug-likeness (QED) is 0.852. The largest absolute Gasteiger partial charge is 0.399 e. The number of nitrogen functional groups attached to an aromatic ring is 1. The molecule has 0 fully saturated rings. The number of nitrogens with one attached hydrogen (secondary N) is 1. The molecule has 0 heterocycles. The number of rotatable bonds is 4. The van der Waals surface area contributed by atoms with Crippen molar-refractivity contribution in [2.45, 2.75) is 12.7 Å². The molecule has 0 aliphatic carbocycles. The average molecular weight is 311 g/mol. The molecule has 2 rings (SSSR count). The molecule has 6 heteroatoms. The van der Waals surface area contributed by atoms with Gasteiger partial charge in [0.15, 0.2) is 0 Å². The number of benzene rings is 2. The second kappa shape index (κ2) is 5.73. The van der Waals surface area contributed by atoms with Crippen molar-refractivity contribution in [3.63, 3.8) is 0 Å². The van der Waals surface area contributed by atoms with Crippen LogP contribution in [0.5, 0.6) is 0 Å². The Hall–Kier alpha value is -1.72. The van der Waals surface area contributed by atoms with Gasteiger partial charge in [-0.15, -0.1) is 0 Å². The Morgan fingerprint density at radius 3 is 2.40 bits per heavy atom. The molecular weight excluding hydrogens is 296 g/mol. The van der Waals surface area contributed by atoms with E-state index in [0.717, 1.165) is 5.56 Å². The summed E-state index contributed by atoms with van der Waals surface area (Å²) in [4.78, 5) is 0. The molecule has 0 aliphatic rings. The van der Waals surface area contributed by atoms with Crippen LogP contribution in [0.2, 0.25) is 5.02 Å². The van der Waals surface area contributed by atoms with Gasteiger partial charge >= 0.3 is 0 Å². The molecule has 0 unspecified atom stereocenters. The summed E-state index contributed by atoms with van der Waals surface area (Å²) in [6, 6.07) is 11.8. The SMILES string of the molecule is Cc1ccc(NS(=O)(=O)Cc2ccc(N)cc2)cc1Cl. The second-order valence-corrected chi connectivity index (χ2v) is 6.70. The molecule has 4 nitrogen and oxygen atoms in total. The van der Waals surface area contributed by atoms with Crippen LogP contribution in [0.4, 0.5) is 11.4 Å². The van der Waals surface area contributed by atoms with Crippen molar-refractivity contribution < 1.29 is 8.42 Å². The Balaban J connectivity index is 2.14. The van der Waals surface area contributed by atoms with Crippen LogP contribution < -0.4 is 10.5 Å². The molecule has 2 aromatic carbocycles. The van der Waals surface area contributed by atoms with Gasteiger partial charge < -0.3 is 5.73 Å². The summed E-state index contributed by atoms with van der Waals surface area (Å²) in [6.45, 7) is 1.86. The summed E-state index contributed by atoms with van der Waals surface area (Å²) in [6.07, 6.45) is 0. The third kappa shape index (κ3) is 3.88. The molecule has 0 radical (unpaired) electrons. The average Bonchev–Trinajstić information content (AvgIpc) is 2.36. The van der Waals surface area contributed by atoms with E-state index < -0.39 is 10.0 Å². The van der Waals surface area contributed by atoms with Crippen LogP contribution in [0.1, 0.15) is 11.1 Å². The predicted octanol–water partition coefficient (Wildman–Crippen LogP) is 3.17. The first kappa shape index (κ1) is 14.7. The van der Waals surface area contributed by atoms with E-state index in [4.69, 9.17) is 17.3 Å². The summed E-state index contributed by atoms with van der Waals surface area (Å²) in [5, 5.41) is 0.526. The van der Waals surface area contributed by atoms with E-state index >= 15 is 0 Å². The lowest BCUT2D eigenvalue weighted by molar-refractivity contribution is 0.600. The van der Waals surface area contributed by atoms with Crippen molar-refractivity contribution in [1.29, 1.82) is 0 Å². The van der Waals surface area contributed by atoms with Crippen molar-refractivity contribution >= 4 is 33.0 Å². The fourth-order valence-corrected chi connectivity index (χ4v) is 3.08. The van der Waals surface area contributed by atoms with E-state index in [1.54, 1.807) is 42.5 Å². The minimum Gasteiger partial charge on any atom is -0.399 e. The monoisotopic (exact) mass is 310 g/mol. The Morgan fingerprint density at radius 1 is 1.15 bits per heavy atom. The first-order valence-corrected chi connectivity index (χ1v) is 8.00. The standard InChI is InChI=1S/C14H15ClN2O2S/c1-10-2-7-13(8-14(10)15)17-20(18,19)9-11-3-5-12(16)6-4-11/h2-8,17H,9,16H2,1H3. The van der Waals surface area contributed by atoms with Gasteiger partial charge in [-0.05, 0) is 42.3 Å². The van der Waals surface area contributed by atoms with Crippen LogP contribution in [-0.4, -0.2) is 8.42 Å². The van der Waals surface area contributed by atoms with Gasteiger partial charge in [-0.2, -0.15) is 0 Å². The summed E-state index contributed by atoms with van der Waals surface area (Å²) in [7, 11) is -3.48. The van der Waals surface area contributed by atoms with Crippen molar-refractivity contribution in [2.24, 2.45) is 0 Å². The van der Waals surface area contributed by atoms with Gasteiger partial charge in [-0.25, -0.2) is 8.42 Å². The lowest BCUT2D eigenvalue weighted by atomic mass is 10.2. The highest BCUT2D eigenvalue weighted by Crippen LogP contribution is 2.21. The first-order chi connectivity index (χ1) is 9.35. The highest BCUT2D eigenvalue weighted by molar-refractivity contribution is 7.91. The minimum atomic E-state index is -3.48. The van der Waals surface area contributed by atoms with Crippen LogP contribution >= 0.6 is 11.6 Å². The van der Waals surface area contributed by atoms with E-state index in [9.17, 15) is 8.42 Å². The van der Waals surface area contributed by atoms with Crippen LogP contribution in [0.15, 0.2) is 42.5 Å². The fourth-order valence-electron chi connectivity index (χ4n) is 1.71. The zero-order valence-electron chi connectivity index (χ0n) is 10.9. The molecule has 0 saturated carbocycles. The van der Waals surface area contributed by atoms with Crippen molar-refractivity contribution in [3.05, 3.63) is 58.6 Å². The Morgan fingerprint density at radius 2 is 1.80 bits per heavy atom. The van der Waals surface area contributed by atoms with Crippen LogP contribution in [0.25, 0.3) is 0 Å². The van der Waals surface area contributed by atoms with E-state index in [1.165, 1.54) is 0 Å². The topological polar surface area (TPSA) is 72.2 Å². The van der Waals surface area contributed by atoms with Gasteiger partial charge in [0.2, 0.25) is 10.0 Å². The molecule has 0 saturated heterocycles. The van der Waals surface area contributed by atoms with Crippen LogP contribution in [0.3, 0.4) is 0 Å². The summed E-state index contributed by atoms with van der Waals surface area (Å²) in [5.74, 6) is -0.112. The molecule has 0 atom stereocenters. The molecule has 20 heavy (non-hydrogen) atoms. The smallest absolute Gasteiger partial charge is 0.236 e. The molecule has 0 aromatic heterocycles. The highest BCUT2D eigenvalue weighted by atomic mass is 35.5. The molecule has 2 aromatic rings. The lowest BCUT2D eigenvalue weighted by Gasteiger charge is -2.09. The zero-order valence-corrected chi connectivity index (χ0v) is 12.5. The Bertz CT molecular complexity index is 712. The van der Waals surface area contributed by atoms with Gasteiger partial charge in [0.1, 0.15) is 0 Å². The van der Waals surface area contributed by atoms with Crippen molar-refractivity contribution in [2.75, 3.05) is 10.5 Å². The van der Waals surface area contributed by atoms with E-state index in [0.29, 0.717) is 22.0 Å². The van der Waals surface area contributed by atoms with Gasteiger partial charge in [-0.3, -0.25) is 4.72 Å². The summed E-state index contributed by atoms with van der Waals surface area (Å²) in [5.41, 5.74) is 8.19. The van der Waals surface area contributed by atoms with E-state index in [-0.39, 0.29) is 5.75 Å². The molecule has 106 valence electrons. The fraction of sp³-hybridized carbons (Fsp3) is 0.143. The highest BCUT2D eigenvalue weighted by Gasteiger charge is 2.12. The predicted molar refractivity (Wildman–Crippen MR) is 83.3 cm³/mol. The van der Waals surface area contributed by atoms with Crippen molar-refractivity contribution in [1.82, 2.24) is 0 Å². The molecule has 3 N–H and O–H groups in total. The number of hydrogen-bond acceptors (Lipinski definition) is 3. The maximum absolute atomic E-state index is 12.1. The lowest BCUT2D eigenvalue weighted by Crippen LogP contribution is -2.15. The number of nitrogens with two attached hydrogens (primary N) is 1. The van der Waals surface area contributed by atoms with Gasteiger partial charge in [0.05, 0.1) is 5.75 Å². The maximum atomic E-state index is 12.1. The van der Waals surface area contributed by atoms with E-state index in [1.807, 2.05) is 6.92 Å². The van der Waals surface area contributed by atoms with Gasteiger partial charge in [0.25, 0.3) is 0 Å². The van der Waals surface area contributed by atoms with Gasteiger partial charge in [0, 0.05) is 16.4 Å². The minimum absolute atomic E-state index is 0.112. The normalized spacial score (nSPS) is 11.3. The first-order valence-electron chi connectivity index (χ1n) is 5.97.